The predicted octanol–water partition coefficient (Wildman–Crippen LogP) is 3.79. The Bertz CT molecular complexity index is 1490. The molecule has 9 nitrogen and oxygen atoms in total. The Labute approximate surface area is 210 Å². The van der Waals surface area contributed by atoms with Crippen LogP contribution in [0, 0.1) is 0 Å². The number of allylic oxidation sites excluding steroid dienone is 1. The Hall–Kier alpha value is -3.98. The molecule has 0 saturated carbocycles. The Morgan fingerprint density at radius 1 is 1.19 bits per heavy atom. The number of anilines is 3. The monoisotopic (exact) mass is 484 g/mol. The minimum Gasteiger partial charge on any atom is -0.355 e. The van der Waals surface area contributed by atoms with Crippen LogP contribution in [0.15, 0.2) is 60.2 Å². The van der Waals surface area contributed by atoms with Crippen LogP contribution >= 0.6 is 0 Å². The van der Waals surface area contributed by atoms with Crippen LogP contribution in [0.25, 0.3) is 16.7 Å². The van der Waals surface area contributed by atoms with E-state index in [1.807, 2.05) is 29.9 Å². The van der Waals surface area contributed by atoms with Crippen LogP contribution in [0.3, 0.4) is 0 Å². The third kappa shape index (κ3) is 4.37. The molecule has 5 rings (SSSR count). The maximum Gasteiger partial charge on any atom is 0.278 e. The second-order valence-electron chi connectivity index (χ2n) is 10.1. The molecule has 0 spiro atoms. The SMILES string of the molecule is C=CCn1c(=O)c2cnc(Nc3ccc4c(c3)CCNC4)nc2n1-c1ccnc(N(C)C(C)(C)C)c1. The van der Waals surface area contributed by atoms with E-state index in [-0.39, 0.29) is 11.1 Å². The van der Waals surface area contributed by atoms with E-state index in [2.05, 4.69) is 65.0 Å². The first kappa shape index (κ1) is 23.7. The highest BCUT2D eigenvalue weighted by Crippen LogP contribution is 2.25. The van der Waals surface area contributed by atoms with E-state index < -0.39 is 0 Å². The molecule has 0 radical (unpaired) electrons. The van der Waals surface area contributed by atoms with Crippen LogP contribution in [0.1, 0.15) is 31.9 Å². The summed E-state index contributed by atoms with van der Waals surface area (Å²) in [6, 6.07) is 10.2. The Balaban J connectivity index is 1.60. The number of nitrogens with zero attached hydrogens (tertiary/aromatic N) is 6. The van der Waals surface area contributed by atoms with E-state index in [1.165, 1.54) is 11.1 Å². The van der Waals surface area contributed by atoms with Gasteiger partial charge in [0.2, 0.25) is 5.95 Å². The fraction of sp³-hybridized carbons (Fsp3) is 0.333. The van der Waals surface area contributed by atoms with Crippen molar-refractivity contribution in [1.82, 2.24) is 29.6 Å². The van der Waals surface area contributed by atoms with Crippen molar-refractivity contribution in [3.63, 3.8) is 0 Å². The Kier molecular flexibility index (Phi) is 6.09. The lowest BCUT2D eigenvalue weighted by Gasteiger charge is -2.33. The predicted molar refractivity (Wildman–Crippen MR) is 144 cm³/mol. The van der Waals surface area contributed by atoms with Gasteiger partial charge in [-0.3, -0.25) is 4.79 Å². The fourth-order valence-corrected chi connectivity index (χ4v) is 4.39. The molecule has 4 heterocycles. The molecule has 0 amide bonds. The Morgan fingerprint density at radius 3 is 2.81 bits per heavy atom. The summed E-state index contributed by atoms with van der Waals surface area (Å²) in [5, 5.41) is 7.17. The summed E-state index contributed by atoms with van der Waals surface area (Å²) < 4.78 is 3.45. The largest absolute Gasteiger partial charge is 0.355 e. The van der Waals surface area contributed by atoms with E-state index in [4.69, 9.17) is 4.98 Å². The average molecular weight is 485 g/mol. The summed E-state index contributed by atoms with van der Waals surface area (Å²) in [5.41, 5.74) is 4.59. The molecule has 3 aromatic heterocycles. The van der Waals surface area contributed by atoms with Crippen LogP contribution in [-0.4, -0.2) is 43.4 Å². The van der Waals surface area contributed by atoms with Crippen molar-refractivity contribution in [1.29, 1.82) is 0 Å². The molecule has 36 heavy (non-hydrogen) atoms. The lowest BCUT2D eigenvalue weighted by Crippen LogP contribution is -2.38. The summed E-state index contributed by atoms with van der Waals surface area (Å²) in [4.78, 5) is 29.2. The molecule has 2 N–H and O–H groups in total. The fourth-order valence-electron chi connectivity index (χ4n) is 4.39. The van der Waals surface area contributed by atoms with E-state index in [0.717, 1.165) is 36.7 Å². The summed E-state index contributed by atoms with van der Waals surface area (Å²) in [6.45, 7) is 12.4. The van der Waals surface area contributed by atoms with E-state index in [9.17, 15) is 4.79 Å². The van der Waals surface area contributed by atoms with Crippen LogP contribution in [-0.2, 0) is 19.5 Å². The molecule has 1 aliphatic rings. The average Bonchev–Trinajstić information content (AvgIpc) is 3.14. The van der Waals surface area contributed by atoms with Gasteiger partial charge in [-0.2, -0.15) is 4.98 Å². The molecular weight excluding hydrogens is 452 g/mol. The van der Waals surface area contributed by atoms with E-state index in [1.54, 1.807) is 23.2 Å². The minimum atomic E-state index is -0.166. The standard InChI is InChI=1S/C27H32N8O/c1-6-13-34-25(36)22-17-30-26(31-20-8-7-19-16-28-11-9-18(19)14-20)32-24(22)35(34)21-10-12-29-23(15-21)33(5)27(2,3)4/h6-8,10,12,14-15,17,28H,1,9,11,13,16H2,2-5H3,(H,30,31,32). The van der Waals surface area contributed by atoms with Gasteiger partial charge in [-0.1, -0.05) is 12.1 Å². The quantitative estimate of drug-likeness (QED) is 0.402. The summed E-state index contributed by atoms with van der Waals surface area (Å²) in [5.74, 6) is 1.23. The number of pyridine rings is 1. The lowest BCUT2D eigenvalue weighted by molar-refractivity contribution is 0.533. The maximum absolute atomic E-state index is 13.3. The smallest absolute Gasteiger partial charge is 0.278 e. The van der Waals surface area contributed by atoms with Crippen molar-refractivity contribution in [2.24, 2.45) is 0 Å². The second-order valence-corrected chi connectivity index (χ2v) is 10.1. The topological polar surface area (TPSA) is 92.9 Å². The van der Waals surface area contributed by atoms with E-state index >= 15 is 0 Å². The third-order valence-electron chi connectivity index (χ3n) is 6.65. The van der Waals surface area contributed by atoms with Gasteiger partial charge in [0.1, 0.15) is 11.2 Å². The molecule has 1 aliphatic heterocycles. The molecule has 4 aromatic rings. The van der Waals surface area contributed by atoms with Crippen LogP contribution in [0.4, 0.5) is 17.5 Å². The first-order valence-electron chi connectivity index (χ1n) is 12.2. The number of rotatable bonds is 6. The van der Waals surface area contributed by atoms with Crippen molar-refractivity contribution in [2.75, 3.05) is 23.8 Å². The van der Waals surface area contributed by atoms with Gasteiger partial charge < -0.3 is 15.5 Å². The highest BCUT2D eigenvalue weighted by molar-refractivity contribution is 5.77. The van der Waals surface area contributed by atoms with Gasteiger partial charge in [0, 0.05) is 43.3 Å². The first-order chi connectivity index (χ1) is 17.3. The number of benzene rings is 1. The van der Waals surface area contributed by atoms with Gasteiger partial charge in [-0.25, -0.2) is 19.3 Å². The molecule has 0 fully saturated rings. The van der Waals surface area contributed by atoms with Gasteiger partial charge in [0.25, 0.3) is 5.56 Å². The molecule has 0 atom stereocenters. The van der Waals surface area contributed by atoms with Crippen molar-refractivity contribution in [3.8, 4) is 5.69 Å². The van der Waals surface area contributed by atoms with Gasteiger partial charge in [-0.05, 0) is 63.1 Å². The molecule has 9 heteroatoms. The first-order valence-corrected chi connectivity index (χ1v) is 12.2. The van der Waals surface area contributed by atoms with Crippen LogP contribution in [0.2, 0.25) is 0 Å². The number of fused-ring (bicyclic) bond motifs is 2. The third-order valence-corrected chi connectivity index (χ3v) is 6.65. The Morgan fingerprint density at radius 2 is 2.03 bits per heavy atom. The van der Waals surface area contributed by atoms with Crippen LogP contribution in [0.5, 0.6) is 0 Å². The van der Waals surface area contributed by atoms with Crippen molar-refractivity contribution < 1.29 is 0 Å². The molecule has 1 aromatic carbocycles. The maximum atomic E-state index is 13.3. The zero-order chi connectivity index (χ0) is 25.4. The summed E-state index contributed by atoms with van der Waals surface area (Å²) >= 11 is 0. The minimum absolute atomic E-state index is 0.116. The number of hydrogen-bond donors (Lipinski definition) is 2. The molecule has 0 bridgehead atoms. The second kappa shape index (κ2) is 9.23. The number of hydrogen-bond acceptors (Lipinski definition) is 7. The number of nitrogens with one attached hydrogen (secondary N) is 2. The van der Waals surface area contributed by atoms with E-state index in [0.29, 0.717) is 23.5 Å². The highest BCUT2D eigenvalue weighted by Gasteiger charge is 2.21. The molecule has 186 valence electrons. The summed E-state index contributed by atoms with van der Waals surface area (Å²) in [6.07, 6.45) is 6.04. The molecule has 0 saturated heterocycles. The molecule has 0 unspecified atom stereocenters. The van der Waals surface area contributed by atoms with Gasteiger partial charge in [-0.15, -0.1) is 6.58 Å². The molecule has 0 aliphatic carbocycles. The summed E-state index contributed by atoms with van der Waals surface area (Å²) in [7, 11) is 2.01. The highest BCUT2D eigenvalue weighted by atomic mass is 16.1. The lowest BCUT2D eigenvalue weighted by atomic mass is 10.0. The van der Waals surface area contributed by atoms with Crippen molar-refractivity contribution >= 4 is 28.5 Å². The van der Waals surface area contributed by atoms with Gasteiger partial charge in [0.05, 0.1) is 12.2 Å². The van der Waals surface area contributed by atoms with Crippen molar-refractivity contribution in [3.05, 3.63) is 76.9 Å². The van der Waals surface area contributed by atoms with Crippen LogP contribution < -0.4 is 21.1 Å². The van der Waals surface area contributed by atoms with Gasteiger partial charge >= 0.3 is 0 Å². The van der Waals surface area contributed by atoms with Gasteiger partial charge in [0.15, 0.2) is 5.65 Å². The zero-order valence-electron chi connectivity index (χ0n) is 21.2. The zero-order valence-corrected chi connectivity index (χ0v) is 21.2. The number of aromatic nitrogens is 5. The van der Waals surface area contributed by atoms with Crippen molar-refractivity contribution in [2.45, 2.75) is 45.8 Å². The normalized spacial score (nSPS) is 13.4. The molecular formula is C27H32N8O.